The van der Waals surface area contributed by atoms with E-state index in [0.29, 0.717) is 0 Å². The highest BCUT2D eigenvalue weighted by Crippen LogP contribution is 2.26. The predicted molar refractivity (Wildman–Crippen MR) is 85.1 cm³/mol. The molecule has 5 heteroatoms. The summed E-state index contributed by atoms with van der Waals surface area (Å²) in [4.78, 5) is 12.1. The molecule has 2 heterocycles. The average molecular weight is 282 g/mol. The Kier molecular flexibility index (Phi) is 3.25. The maximum Gasteiger partial charge on any atom is 0.252 e. The lowest BCUT2D eigenvalue weighted by Gasteiger charge is -2.11. The summed E-state index contributed by atoms with van der Waals surface area (Å²) in [7, 11) is 3.68. The third-order valence-electron chi connectivity index (χ3n) is 3.66. The largest absolute Gasteiger partial charge is 0.352 e. The van der Waals surface area contributed by atoms with Crippen molar-refractivity contribution < 1.29 is 0 Å². The summed E-state index contributed by atoms with van der Waals surface area (Å²) < 4.78 is 3.44. The fourth-order valence-corrected chi connectivity index (χ4v) is 2.56. The highest BCUT2D eigenvalue weighted by atomic mass is 16.1. The molecular weight excluding hydrogens is 264 g/mol. The van der Waals surface area contributed by atoms with Crippen LogP contribution in [0.15, 0.2) is 41.3 Å². The molecule has 0 aliphatic heterocycles. The van der Waals surface area contributed by atoms with Gasteiger partial charge in [0.2, 0.25) is 0 Å². The molecule has 3 rings (SSSR count). The average Bonchev–Trinajstić information content (AvgIpc) is 2.84. The summed E-state index contributed by atoms with van der Waals surface area (Å²) in [6.07, 6.45) is 2.77. The van der Waals surface area contributed by atoms with Gasteiger partial charge in [-0.3, -0.25) is 9.48 Å². The van der Waals surface area contributed by atoms with Gasteiger partial charge in [0.15, 0.2) is 0 Å². The number of aromatic nitrogens is 3. The Labute approximate surface area is 122 Å². The number of pyridine rings is 1. The van der Waals surface area contributed by atoms with Crippen LogP contribution in [0.5, 0.6) is 0 Å². The van der Waals surface area contributed by atoms with Crippen LogP contribution in [-0.2, 0) is 20.5 Å². The van der Waals surface area contributed by atoms with Crippen LogP contribution in [0.25, 0.3) is 10.9 Å². The number of hydrogen-bond donors (Lipinski definition) is 1. The Morgan fingerprint density at radius 3 is 2.71 bits per heavy atom. The third kappa shape index (κ3) is 2.31. The summed E-state index contributed by atoms with van der Waals surface area (Å²) in [6.45, 7) is 2.07. The molecule has 0 fully saturated rings. The highest BCUT2D eigenvalue weighted by molar-refractivity contribution is 5.93. The van der Waals surface area contributed by atoms with Crippen LogP contribution in [0.4, 0.5) is 11.4 Å². The molecule has 3 aromatic rings. The Morgan fingerprint density at radius 2 is 1.95 bits per heavy atom. The second-order valence-electron chi connectivity index (χ2n) is 5.11. The van der Waals surface area contributed by atoms with Gasteiger partial charge in [-0.2, -0.15) is 5.10 Å². The number of anilines is 2. The number of nitrogens with one attached hydrogen (secondary N) is 1. The van der Waals surface area contributed by atoms with Crippen LogP contribution in [0.2, 0.25) is 0 Å². The molecule has 0 saturated heterocycles. The second kappa shape index (κ2) is 5.09. The maximum absolute atomic E-state index is 12.1. The predicted octanol–water partition coefficient (Wildman–Crippen LogP) is 2.58. The van der Waals surface area contributed by atoms with Crippen molar-refractivity contribution in [3.63, 3.8) is 0 Å². The van der Waals surface area contributed by atoms with Crippen molar-refractivity contribution in [2.24, 2.45) is 14.1 Å². The SMILES string of the molecule is CCc1nn(C)cc1Nc1cc(=O)n(C)c2ccccc12. The minimum absolute atomic E-state index is 0.0295. The highest BCUT2D eigenvalue weighted by Gasteiger charge is 2.10. The van der Waals surface area contributed by atoms with Crippen molar-refractivity contribution >= 4 is 22.3 Å². The van der Waals surface area contributed by atoms with Crippen molar-refractivity contribution in [2.75, 3.05) is 5.32 Å². The van der Waals surface area contributed by atoms with E-state index in [4.69, 9.17) is 0 Å². The number of fused-ring (bicyclic) bond motifs is 1. The lowest BCUT2D eigenvalue weighted by molar-refractivity contribution is 0.746. The molecule has 0 saturated carbocycles. The molecule has 0 atom stereocenters. The van der Waals surface area contributed by atoms with E-state index < -0.39 is 0 Å². The first-order valence-electron chi connectivity index (χ1n) is 6.98. The standard InChI is InChI=1S/C16H18N4O/c1-4-12-14(10-19(2)18-12)17-13-9-16(21)20(3)15-8-6-5-7-11(13)15/h5-10,17H,4H2,1-3H3. The first-order chi connectivity index (χ1) is 10.1. The summed E-state index contributed by atoms with van der Waals surface area (Å²) in [5.74, 6) is 0. The molecule has 0 radical (unpaired) electrons. The lowest BCUT2D eigenvalue weighted by atomic mass is 10.1. The summed E-state index contributed by atoms with van der Waals surface area (Å²) in [5, 5.41) is 8.79. The topological polar surface area (TPSA) is 51.9 Å². The Bertz CT molecular complexity index is 860. The van der Waals surface area contributed by atoms with Crippen molar-refractivity contribution in [1.29, 1.82) is 0 Å². The third-order valence-corrected chi connectivity index (χ3v) is 3.66. The van der Waals surface area contributed by atoms with Crippen LogP contribution in [0, 0.1) is 0 Å². The first-order valence-corrected chi connectivity index (χ1v) is 6.98. The number of benzene rings is 1. The zero-order chi connectivity index (χ0) is 15.0. The van der Waals surface area contributed by atoms with E-state index in [1.54, 1.807) is 22.4 Å². The Hall–Kier alpha value is -2.56. The van der Waals surface area contributed by atoms with Gasteiger partial charge in [-0.25, -0.2) is 0 Å². The number of aryl methyl sites for hydroxylation is 3. The molecule has 1 aromatic carbocycles. The molecular formula is C16H18N4O. The fourth-order valence-electron chi connectivity index (χ4n) is 2.56. The van der Waals surface area contributed by atoms with Gasteiger partial charge in [0.05, 0.1) is 22.6 Å². The lowest BCUT2D eigenvalue weighted by Crippen LogP contribution is -2.16. The molecule has 0 bridgehead atoms. The number of nitrogens with zero attached hydrogens (tertiary/aromatic N) is 3. The molecule has 108 valence electrons. The maximum atomic E-state index is 12.1. The second-order valence-corrected chi connectivity index (χ2v) is 5.11. The monoisotopic (exact) mass is 282 g/mol. The molecule has 0 aliphatic rings. The summed E-state index contributed by atoms with van der Waals surface area (Å²) >= 11 is 0. The van der Waals surface area contributed by atoms with Gasteiger partial charge in [-0.1, -0.05) is 25.1 Å². The molecule has 21 heavy (non-hydrogen) atoms. The van der Waals surface area contributed by atoms with Crippen LogP contribution in [-0.4, -0.2) is 14.3 Å². The van der Waals surface area contributed by atoms with E-state index >= 15 is 0 Å². The quantitative estimate of drug-likeness (QED) is 0.803. The minimum atomic E-state index is -0.0295. The van der Waals surface area contributed by atoms with Crippen molar-refractivity contribution in [1.82, 2.24) is 14.3 Å². The number of rotatable bonds is 3. The van der Waals surface area contributed by atoms with Gasteiger partial charge in [-0.05, 0) is 12.5 Å². The first kappa shape index (κ1) is 13.4. The molecule has 0 spiro atoms. The van der Waals surface area contributed by atoms with Crippen molar-refractivity contribution in [3.05, 3.63) is 52.6 Å². The molecule has 1 N–H and O–H groups in total. The van der Waals surface area contributed by atoms with Crippen molar-refractivity contribution in [2.45, 2.75) is 13.3 Å². The van der Waals surface area contributed by atoms with Gasteiger partial charge in [0.1, 0.15) is 0 Å². The normalized spacial score (nSPS) is 11.0. The van der Waals surface area contributed by atoms with Gasteiger partial charge < -0.3 is 9.88 Å². The van der Waals surface area contributed by atoms with Crippen molar-refractivity contribution in [3.8, 4) is 0 Å². The molecule has 2 aromatic heterocycles. The fraction of sp³-hybridized carbons (Fsp3) is 0.250. The molecule has 0 amide bonds. The van der Waals surface area contributed by atoms with Crippen LogP contribution >= 0.6 is 0 Å². The zero-order valence-electron chi connectivity index (χ0n) is 12.4. The van der Waals surface area contributed by atoms with Crippen LogP contribution < -0.4 is 10.9 Å². The molecule has 5 nitrogen and oxygen atoms in total. The molecule has 0 aliphatic carbocycles. The van der Waals surface area contributed by atoms with E-state index in [0.717, 1.165) is 34.4 Å². The van der Waals surface area contributed by atoms with Crippen LogP contribution in [0.3, 0.4) is 0 Å². The Balaban J connectivity index is 2.17. The van der Waals surface area contributed by atoms with E-state index in [2.05, 4.69) is 17.3 Å². The minimum Gasteiger partial charge on any atom is -0.352 e. The smallest absolute Gasteiger partial charge is 0.252 e. The van der Waals surface area contributed by atoms with Crippen LogP contribution in [0.1, 0.15) is 12.6 Å². The van der Waals surface area contributed by atoms with Gasteiger partial charge in [-0.15, -0.1) is 0 Å². The van der Waals surface area contributed by atoms with Gasteiger partial charge in [0, 0.05) is 31.7 Å². The van der Waals surface area contributed by atoms with Gasteiger partial charge >= 0.3 is 0 Å². The van der Waals surface area contributed by atoms with E-state index in [9.17, 15) is 4.79 Å². The summed E-state index contributed by atoms with van der Waals surface area (Å²) in [6, 6.07) is 9.51. The van der Waals surface area contributed by atoms with E-state index in [1.165, 1.54) is 0 Å². The van der Waals surface area contributed by atoms with E-state index in [-0.39, 0.29) is 5.56 Å². The van der Waals surface area contributed by atoms with Gasteiger partial charge in [0.25, 0.3) is 5.56 Å². The molecule has 0 unspecified atom stereocenters. The van der Waals surface area contributed by atoms with E-state index in [1.807, 2.05) is 37.5 Å². The Morgan fingerprint density at radius 1 is 1.19 bits per heavy atom. The summed E-state index contributed by atoms with van der Waals surface area (Å²) in [5.41, 5.74) is 3.63. The number of para-hydroxylation sites is 1. The number of hydrogen-bond acceptors (Lipinski definition) is 3. The zero-order valence-corrected chi connectivity index (χ0v) is 12.4.